The van der Waals surface area contributed by atoms with Crippen LogP contribution in [0.15, 0.2) is 12.5 Å². The van der Waals surface area contributed by atoms with Gasteiger partial charge in [-0.25, -0.2) is 0 Å². The number of piperazine rings is 1. The SMILES string of the molecule is CC1NC2CC3OC=COC3CC2NC1CS(=O)(=O)O. The van der Waals surface area contributed by atoms with E-state index in [0.717, 1.165) is 12.8 Å². The van der Waals surface area contributed by atoms with E-state index in [2.05, 4.69) is 10.6 Å². The summed E-state index contributed by atoms with van der Waals surface area (Å²) < 4.78 is 42.3. The Hall–Kier alpha value is -0.830. The largest absolute Gasteiger partial charge is 0.491 e. The summed E-state index contributed by atoms with van der Waals surface area (Å²) in [7, 11) is -3.99. The van der Waals surface area contributed by atoms with Gasteiger partial charge in [-0.05, 0) is 6.92 Å². The lowest BCUT2D eigenvalue weighted by Gasteiger charge is -2.48. The molecule has 0 aromatic rings. The predicted molar refractivity (Wildman–Crippen MR) is 71.6 cm³/mol. The summed E-state index contributed by atoms with van der Waals surface area (Å²) in [6.45, 7) is 1.92. The maximum atomic E-state index is 11.1. The smallest absolute Gasteiger partial charge is 0.266 e. The van der Waals surface area contributed by atoms with E-state index in [1.807, 2.05) is 6.92 Å². The molecule has 2 aliphatic heterocycles. The lowest BCUT2D eigenvalue weighted by molar-refractivity contribution is -0.0760. The van der Waals surface area contributed by atoms with Crippen LogP contribution in [-0.4, -0.2) is 55.1 Å². The zero-order chi connectivity index (χ0) is 14.3. The van der Waals surface area contributed by atoms with Gasteiger partial charge in [-0.1, -0.05) is 0 Å². The summed E-state index contributed by atoms with van der Waals surface area (Å²) in [6.07, 6.45) is 4.73. The Bertz CT molecular complexity index is 494. The first-order chi connectivity index (χ1) is 9.42. The summed E-state index contributed by atoms with van der Waals surface area (Å²) in [5.41, 5.74) is 0. The minimum atomic E-state index is -3.99. The van der Waals surface area contributed by atoms with Gasteiger partial charge in [0.2, 0.25) is 0 Å². The lowest BCUT2D eigenvalue weighted by Crippen LogP contribution is -2.70. The van der Waals surface area contributed by atoms with Gasteiger partial charge in [-0.3, -0.25) is 4.55 Å². The molecule has 3 aliphatic rings. The van der Waals surface area contributed by atoms with Crippen LogP contribution in [0.4, 0.5) is 0 Å². The molecule has 3 rings (SSSR count). The van der Waals surface area contributed by atoms with Gasteiger partial charge in [0.25, 0.3) is 10.1 Å². The van der Waals surface area contributed by atoms with Crippen molar-refractivity contribution in [2.24, 2.45) is 0 Å². The maximum Gasteiger partial charge on any atom is 0.266 e. The number of hydrogen-bond donors (Lipinski definition) is 3. The average Bonchev–Trinajstić information content (AvgIpc) is 2.36. The summed E-state index contributed by atoms with van der Waals surface area (Å²) in [4.78, 5) is 0. The van der Waals surface area contributed by atoms with Crippen molar-refractivity contribution in [3.05, 3.63) is 12.5 Å². The fourth-order valence-electron chi connectivity index (χ4n) is 3.35. The van der Waals surface area contributed by atoms with E-state index in [4.69, 9.17) is 14.0 Å². The van der Waals surface area contributed by atoms with Crippen LogP contribution in [0.5, 0.6) is 0 Å². The molecule has 6 atom stereocenters. The van der Waals surface area contributed by atoms with Gasteiger partial charge >= 0.3 is 0 Å². The third kappa shape index (κ3) is 2.93. The second-order valence-corrected chi connectivity index (χ2v) is 7.28. The first kappa shape index (κ1) is 14.1. The molecular formula is C12H20N2O5S. The molecule has 1 saturated heterocycles. The third-order valence-corrected chi connectivity index (χ3v) is 5.11. The number of fused-ring (bicyclic) bond motifs is 2. The van der Waals surface area contributed by atoms with Crippen LogP contribution in [0.2, 0.25) is 0 Å². The van der Waals surface area contributed by atoms with Crippen molar-refractivity contribution in [1.82, 2.24) is 10.6 Å². The van der Waals surface area contributed by atoms with Gasteiger partial charge in [0.05, 0.1) is 5.75 Å². The van der Waals surface area contributed by atoms with E-state index < -0.39 is 10.1 Å². The molecule has 2 heterocycles. The van der Waals surface area contributed by atoms with Crippen molar-refractivity contribution < 1.29 is 22.4 Å². The molecule has 0 aromatic heterocycles. The van der Waals surface area contributed by atoms with Crippen LogP contribution in [0.25, 0.3) is 0 Å². The van der Waals surface area contributed by atoms with E-state index in [1.165, 1.54) is 0 Å². The molecule has 0 bridgehead atoms. The maximum absolute atomic E-state index is 11.1. The number of rotatable bonds is 2. The van der Waals surface area contributed by atoms with Crippen molar-refractivity contribution in [2.45, 2.75) is 56.1 Å². The molecule has 0 spiro atoms. The predicted octanol–water partition coefficient (Wildman–Crippen LogP) is -0.390. The first-order valence-corrected chi connectivity index (χ1v) is 8.46. The van der Waals surface area contributed by atoms with Gasteiger partial charge < -0.3 is 20.1 Å². The van der Waals surface area contributed by atoms with Crippen LogP contribution < -0.4 is 10.6 Å². The fourth-order valence-corrected chi connectivity index (χ4v) is 4.18. The normalized spacial score (nSPS) is 43.9. The number of ether oxygens (including phenoxy) is 2. The van der Waals surface area contributed by atoms with Crippen molar-refractivity contribution in [1.29, 1.82) is 0 Å². The van der Waals surface area contributed by atoms with E-state index in [9.17, 15) is 8.42 Å². The number of nitrogens with one attached hydrogen (secondary N) is 2. The topological polar surface area (TPSA) is 96.9 Å². The minimum Gasteiger partial charge on any atom is -0.491 e. The Morgan fingerprint density at radius 2 is 1.70 bits per heavy atom. The zero-order valence-corrected chi connectivity index (χ0v) is 12.0. The number of hydrogen-bond acceptors (Lipinski definition) is 6. The Labute approximate surface area is 118 Å². The highest BCUT2D eigenvalue weighted by atomic mass is 32.2. The third-order valence-electron chi connectivity index (χ3n) is 4.33. The van der Waals surface area contributed by atoms with Crippen molar-refractivity contribution in [3.8, 4) is 0 Å². The van der Waals surface area contributed by atoms with E-state index in [1.54, 1.807) is 12.5 Å². The summed E-state index contributed by atoms with van der Waals surface area (Å²) in [5, 5.41) is 6.76. The Kier molecular flexibility index (Phi) is 3.65. The standard InChI is InChI=1S/C12H20N2O5S/c1-7-10(6-20(15,16)17)14-9-5-12-11(4-8(9)13-7)18-2-3-19-12/h2-3,7-14H,4-6H2,1H3,(H,15,16,17). The van der Waals surface area contributed by atoms with Crippen LogP contribution in [0, 0.1) is 0 Å². The molecule has 1 saturated carbocycles. The molecule has 3 N–H and O–H groups in total. The molecule has 1 aliphatic carbocycles. The summed E-state index contributed by atoms with van der Waals surface area (Å²) in [5.74, 6) is -0.282. The highest BCUT2D eigenvalue weighted by Gasteiger charge is 2.44. The second-order valence-electron chi connectivity index (χ2n) is 5.78. The Morgan fingerprint density at radius 1 is 1.15 bits per heavy atom. The van der Waals surface area contributed by atoms with Gasteiger partial charge in [0.1, 0.15) is 24.7 Å². The highest BCUT2D eigenvalue weighted by Crippen LogP contribution is 2.30. The molecule has 114 valence electrons. The van der Waals surface area contributed by atoms with E-state index in [-0.39, 0.29) is 42.1 Å². The Balaban J connectivity index is 1.69. The van der Waals surface area contributed by atoms with Crippen molar-refractivity contribution >= 4 is 10.1 Å². The van der Waals surface area contributed by atoms with Crippen LogP contribution >= 0.6 is 0 Å². The van der Waals surface area contributed by atoms with E-state index in [0.29, 0.717) is 0 Å². The molecule has 0 radical (unpaired) electrons. The van der Waals surface area contributed by atoms with Gasteiger partial charge in [-0.15, -0.1) is 0 Å². The molecule has 8 heteroatoms. The minimum absolute atomic E-state index is 0.00432. The highest BCUT2D eigenvalue weighted by molar-refractivity contribution is 7.85. The van der Waals surface area contributed by atoms with Crippen LogP contribution in [-0.2, 0) is 19.6 Å². The van der Waals surface area contributed by atoms with Gasteiger partial charge in [0, 0.05) is 37.0 Å². The van der Waals surface area contributed by atoms with Crippen molar-refractivity contribution in [2.75, 3.05) is 5.75 Å². The average molecular weight is 304 g/mol. The van der Waals surface area contributed by atoms with Gasteiger partial charge in [-0.2, -0.15) is 8.42 Å². The Morgan fingerprint density at radius 3 is 2.25 bits per heavy atom. The van der Waals surface area contributed by atoms with Crippen LogP contribution in [0.1, 0.15) is 19.8 Å². The molecular weight excluding hydrogens is 284 g/mol. The van der Waals surface area contributed by atoms with Crippen LogP contribution in [0.3, 0.4) is 0 Å². The molecule has 0 amide bonds. The van der Waals surface area contributed by atoms with Crippen molar-refractivity contribution in [3.63, 3.8) is 0 Å². The van der Waals surface area contributed by atoms with E-state index >= 15 is 0 Å². The molecule has 7 nitrogen and oxygen atoms in total. The summed E-state index contributed by atoms with van der Waals surface area (Å²) in [6, 6.07) is 0.00549. The monoisotopic (exact) mass is 304 g/mol. The first-order valence-electron chi connectivity index (χ1n) is 6.85. The molecule has 2 fully saturated rings. The fraction of sp³-hybridized carbons (Fsp3) is 0.833. The molecule has 20 heavy (non-hydrogen) atoms. The van der Waals surface area contributed by atoms with Gasteiger partial charge in [0.15, 0.2) is 0 Å². The molecule has 0 aromatic carbocycles. The quantitative estimate of drug-likeness (QED) is 0.598. The lowest BCUT2D eigenvalue weighted by atomic mass is 9.82. The zero-order valence-electron chi connectivity index (χ0n) is 11.2. The second kappa shape index (κ2) is 5.18. The summed E-state index contributed by atoms with van der Waals surface area (Å²) >= 11 is 0. The molecule has 6 unspecified atom stereocenters.